The van der Waals surface area contributed by atoms with E-state index in [4.69, 9.17) is 5.11 Å². The largest absolute Gasteiger partial charge is 0.396 e. The van der Waals surface area contributed by atoms with Crippen molar-refractivity contribution in [2.45, 2.75) is 6.92 Å². The fourth-order valence-electron chi connectivity index (χ4n) is 0.413. The molecule has 0 saturated carbocycles. The van der Waals surface area contributed by atoms with Gasteiger partial charge in [-0.25, -0.2) is 0 Å². The topological polar surface area (TPSA) is 32.3 Å². The average Bonchev–Trinajstić information content (AvgIpc) is 1.68. The Morgan fingerprint density at radius 2 is 2.12 bits per heavy atom. The minimum atomic E-state index is 0. The molecule has 1 atom stereocenters. The standard InChI is InChI=1S/C5H13NO.ClH/c1-5(4-7)3-6-2;/h5-7H,3-4H2,1-2H3;1H. The first-order valence-corrected chi connectivity index (χ1v) is 2.56. The molecule has 0 rings (SSSR count). The summed E-state index contributed by atoms with van der Waals surface area (Å²) < 4.78 is 0. The Morgan fingerprint density at radius 3 is 2.25 bits per heavy atom. The van der Waals surface area contributed by atoms with E-state index in [1.54, 1.807) is 0 Å². The molecule has 0 bridgehead atoms. The number of halogens is 1. The Balaban J connectivity index is 0. The lowest BCUT2D eigenvalue weighted by molar-refractivity contribution is 0.236. The predicted octanol–water partition coefficient (Wildman–Crippen LogP) is 0.256. The van der Waals surface area contributed by atoms with Gasteiger partial charge in [0.1, 0.15) is 0 Å². The molecule has 0 aliphatic rings. The Kier molecular flexibility index (Phi) is 9.97. The van der Waals surface area contributed by atoms with Gasteiger partial charge in [-0.1, -0.05) is 6.92 Å². The smallest absolute Gasteiger partial charge is 0.0468 e. The molecule has 1 unspecified atom stereocenters. The van der Waals surface area contributed by atoms with Gasteiger partial charge in [0.2, 0.25) is 0 Å². The summed E-state index contributed by atoms with van der Waals surface area (Å²) in [6.07, 6.45) is 0. The van der Waals surface area contributed by atoms with Gasteiger partial charge < -0.3 is 10.4 Å². The molecule has 3 heteroatoms. The van der Waals surface area contributed by atoms with E-state index in [9.17, 15) is 0 Å². The van der Waals surface area contributed by atoms with E-state index in [1.165, 1.54) is 0 Å². The highest BCUT2D eigenvalue weighted by Gasteiger charge is 1.93. The molecular formula is C5H14ClNO. The van der Waals surface area contributed by atoms with Crippen molar-refractivity contribution in [2.24, 2.45) is 5.92 Å². The number of aliphatic hydroxyl groups excluding tert-OH is 1. The van der Waals surface area contributed by atoms with Crippen LogP contribution < -0.4 is 5.32 Å². The van der Waals surface area contributed by atoms with Gasteiger partial charge in [0.25, 0.3) is 0 Å². The monoisotopic (exact) mass is 139 g/mol. The maximum atomic E-state index is 8.43. The summed E-state index contributed by atoms with van der Waals surface area (Å²) >= 11 is 0. The van der Waals surface area contributed by atoms with E-state index in [-0.39, 0.29) is 19.0 Å². The van der Waals surface area contributed by atoms with Crippen LogP contribution in [0.25, 0.3) is 0 Å². The molecule has 0 aromatic rings. The van der Waals surface area contributed by atoms with Crippen LogP contribution in [0.5, 0.6) is 0 Å². The molecule has 0 spiro atoms. The predicted molar refractivity (Wildman–Crippen MR) is 37.4 cm³/mol. The van der Waals surface area contributed by atoms with Gasteiger partial charge in [-0.05, 0) is 19.5 Å². The third kappa shape index (κ3) is 6.21. The molecule has 0 aliphatic carbocycles. The van der Waals surface area contributed by atoms with Crippen LogP contribution in [-0.2, 0) is 0 Å². The zero-order chi connectivity index (χ0) is 5.70. The minimum absolute atomic E-state index is 0. The van der Waals surface area contributed by atoms with Gasteiger partial charge in [-0.3, -0.25) is 0 Å². The summed E-state index contributed by atoms with van der Waals surface area (Å²) in [6, 6.07) is 0. The maximum Gasteiger partial charge on any atom is 0.0468 e. The van der Waals surface area contributed by atoms with Gasteiger partial charge >= 0.3 is 0 Å². The van der Waals surface area contributed by atoms with E-state index in [1.807, 2.05) is 14.0 Å². The lowest BCUT2D eigenvalue weighted by atomic mass is 10.2. The number of hydrogen-bond acceptors (Lipinski definition) is 2. The first kappa shape index (κ1) is 11.1. The Hall–Kier alpha value is 0.210. The van der Waals surface area contributed by atoms with Gasteiger partial charge in [0.05, 0.1) is 0 Å². The van der Waals surface area contributed by atoms with Crippen molar-refractivity contribution in [3.8, 4) is 0 Å². The summed E-state index contributed by atoms with van der Waals surface area (Å²) in [7, 11) is 1.88. The quantitative estimate of drug-likeness (QED) is 0.588. The first-order valence-electron chi connectivity index (χ1n) is 2.56. The van der Waals surface area contributed by atoms with Gasteiger partial charge in [0, 0.05) is 6.61 Å². The number of nitrogens with one attached hydrogen (secondary N) is 1. The average molecular weight is 140 g/mol. The van der Waals surface area contributed by atoms with Crippen LogP contribution in [0.15, 0.2) is 0 Å². The molecule has 2 nitrogen and oxygen atoms in total. The lowest BCUT2D eigenvalue weighted by Crippen LogP contribution is -2.18. The van der Waals surface area contributed by atoms with Gasteiger partial charge in [0.15, 0.2) is 0 Å². The van der Waals surface area contributed by atoms with Crippen molar-refractivity contribution >= 4 is 12.4 Å². The third-order valence-corrected chi connectivity index (χ3v) is 0.864. The van der Waals surface area contributed by atoms with Crippen LogP contribution in [0.4, 0.5) is 0 Å². The van der Waals surface area contributed by atoms with E-state index in [0.29, 0.717) is 5.92 Å². The third-order valence-electron chi connectivity index (χ3n) is 0.864. The van der Waals surface area contributed by atoms with Crippen molar-refractivity contribution < 1.29 is 5.11 Å². The van der Waals surface area contributed by atoms with Crippen molar-refractivity contribution in [3.63, 3.8) is 0 Å². The van der Waals surface area contributed by atoms with Crippen molar-refractivity contribution in [3.05, 3.63) is 0 Å². The number of rotatable bonds is 3. The Labute approximate surface area is 56.7 Å². The molecule has 0 fully saturated rings. The van der Waals surface area contributed by atoms with Gasteiger partial charge in [-0.2, -0.15) is 0 Å². The highest BCUT2D eigenvalue weighted by molar-refractivity contribution is 5.85. The maximum absolute atomic E-state index is 8.43. The number of aliphatic hydroxyl groups is 1. The summed E-state index contributed by atoms with van der Waals surface area (Å²) in [4.78, 5) is 0. The molecule has 2 N–H and O–H groups in total. The highest BCUT2D eigenvalue weighted by Crippen LogP contribution is 1.85. The van der Waals surface area contributed by atoms with Crippen LogP contribution >= 0.6 is 12.4 Å². The second-order valence-electron chi connectivity index (χ2n) is 1.85. The van der Waals surface area contributed by atoms with Crippen molar-refractivity contribution in [1.82, 2.24) is 5.32 Å². The zero-order valence-corrected chi connectivity index (χ0v) is 6.16. The van der Waals surface area contributed by atoms with E-state index in [2.05, 4.69) is 5.32 Å². The van der Waals surface area contributed by atoms with Gasteiger partial charge in [-0.15, -0.1) is 12.4 Å². The molecule has 0 heterocycles. The second-order valence-corrected chi connectivity index (χ2v) is 1.85. The Bertz CT molecular complexity index is 43.4. The summed E-state index contributed by atoms with van der Waals surface area (Å²) in [5.41, 5.74) is 0. The molecule has 0 saturated heterocycles. The lowest BCUT2D eigenvalue weighted by Gasteiger charge is -2.03. The fraction of sp³-hybridized carbons (Fsp3) is 1.00. The van der Waals surface area contributed by atoms with E-state index < -0.39 is 0 Å². The highest BCUT2D eigenvalue weighted by atomic mass is 35.5. The van der Waals surface area contributed by atoms with Crippen molar-refractivity contribution in [2.75, 3.05) is 20.2 Å². The fourth-order valence-corrected chi connectivity index (χ4v) is 0.413. The SMILES string of the molecule is CNCC(C)CO.Cl. The van der Waals surface area contributed by atoms with E-state index in [0.717, 1.165) is 6.54 Å². The Morgan fingerprint density at radius 1 is 1.62 bits per heavy atom. The minimum Gasteiger partial charge on any atom is -0.396 e. The van der Waals surface area contributed by atoms with Crippen LogP contribution in [-0.4, -0.2) is 25.3 Å². The molecule has 0 aromatic heterocycles. The molecule has 0 aliphatic heterocycles. The zero-order valence-electron chi connectivity index (χ0n) is 5.35. The van der Waals surface area contributed by atoms with Crippen LogP contribution in [0.3, 0.4) is 0 Å². The second kappa shape index (κ2) is 7.21. The molecule has 0 radical (unpaired) electrons. The van der Waals surface area contributed by atoms with E-state index >= 15 is 0 Å². The van der Waals surface area contributed by atoms with Crippen molar-refractivity contribution in [1.29, 1.82) is 0 Å². The molecule has 0 aromatic carbocycles. The van der Waals surface area contributed by atoms with Crippen LogP contribution in [0, 0.1) is 5.92 Å². The summed E-state index contributed by atoms with van der Waals surface area (Å²) in [6.45, 7) is 3.17. The van der Waals surface area contributed by atoms with Crippen LogP contribution in [0.1, 0.15) is 6.92 Å². The molecule has 52 valence electrons. The van der Waals surface area contributed by atoms with Crippen LogP contribution in [0.2, 0.25) is 0 Å². The summed E-state index contributed by atoms with van der Waals surface area (Å²) in [5.74, 6) is 0.394. The first-order chi connectivity index (χ1) is 3.31. The molecule has 8 heavy (non-hydrogen) atoms. The number of hydrogen-bond donors (Lipinski definition) is 2. The normalized spacial score (nSPS) is 12.4. The molecule has 0 amide bonds. The summed E-state index contributed by atoms with van der Waals surface area (Å²) in [5, 5.41) is 11.4. The molecular weight excluding hydrogens is 126 g/mol.